The Balaban J connectivity index is 2.04. The van der Waals surface area contributed by atoms with Crippen LogP contribution in [0.25, 0.3) is 0 Å². The lowest BCUT2D eigenvalue weighted by atomic mass is 10.1. The van der Waals surface area contributed by atoms with Crippen LogP contribution < -0.4 is 4.74 Å². The highest BCUT2D eigenvalue weighted by atomic mass is 32.2. The van der Waals surface area contributed by atoms with Crippen molar-refractivity contribution in [3.05, 3.63) is 30.2 Å². The molecule has 1 amide bonds. The molecule has 1 aliphatic heterocycles. The normalized spacial score (nSPS) is 18.8. The fourth-order valence-electron chi connectivity index (χ4n) is 2.64. The minimum Gasteiger partial charge on any atom is -0.473 e. The molecule has 1 aromatic heterocycles. The Labute approximate surface area is 153 Å². The zero-order valence-corrected chi connectivity index (χ0v) is 16.0. The predicted octanol–water partition coefficient (Wildman–Crippen LogP) is 1.82. The SMILES string of the molecule is CC/C(=C\F)COc1ccc(S(=O)(=O)N2CC[C@H](C(=O)N(C)C)C2)cn1. The van der Waals surface area contributed by atoms with Gasteiger partial charge in [0, 0.05) is 33.3 Å². The number of carbonyl (C=O) groups is 1. The molecule has 0 radical (unpaired) electrons. The van der Waals surface area contributed by atoms with Gasteiger partial charge >= 0.3 is 0 Å². The van der Waals surface area contributed by atoms with Crippen molar-refractivity contribution >= 4 is 15.9 Å². The molecule has 0 aliphatic carbocycles. The molecule has 7 nitrogen and oxygen atoms in total. The van der Waals surface area contributed by atoms with Crippen molar-refractivity contribution in [2.45, 2.75) is 24.7 Å². The molecule has 1 aromatic rings. The van der Waals surface area contributed by atoms with Crippen molar-refractivity contribution in [3.63, 3.8) is 0 Å². The van der Waals surface area contributed by atoms with E-state index in [0.29, 0.717) is 31.3 Å². The Kier molecular flexibility index (Phi) is 6.71. The topological polar surface area (TPSA) is 79.8 Å². The molecule has 2 heterocycles. The number of pyridine rings is 1. The molecular formula is C17H24FN3O4S. The van der Waals surface area contributed by atoms with Crippen LogP contribution in [0, 0.1) is 5.92 Å². The Bertz CT molecular complexity index is 763. The maximum Gasteiger partial charge on any atom is 0.244 e. The van der Waals surface area contributed by atoms with E-state index in [9.17, 15) is 17.6 Å². The van der Waals surface area contributed by atoms with Crippen LogP contribution in [0.2, 0.25) is 0 Å². The predicted molar refractivity (Wildman–Crippen MR) is 94.8 cm³/mol. The van der Waals surface area contributed by atoms with Gasteiger partial charge in [-0.15, -0.1) is 0 Å². The summed E-state index contributed by atoms with van der Waals surface area (Å²) < 4.78 is 44.6. The van der Waals surface area contributed by atoms with Gasteiger partial charge in [-0.2, -0.15) is 4.31 Å². The third kappa shape index (κ3) is 4.59. The monoisotopic (exact) mass is 385 g/mol. The van der Waals surface area contributed by atoms with Crippen LogP contribution in [-0.4, -0.2) is 62.3 Å². The fourth-order valence-corrected chi connectivity index (χ4v) is 4.09. The number of nitrogens with zero attached hydrogens (tertiary/aromatic N) is 3. The van der Waals surface area contributed by atoms with Crippen LogP contribution in [0.15, 0.2) is 35.1 Å². The highest BCUT2D eigenvalue weighted by Gasteiger charge is 2.36. The summed E-state index contributed by atoms with van der Waals surface area (Å²) in [7, 11) is -0.401. The smallest absolute Gasteiger partial charge is 0.244 e. The summed E-state index contributed by atoms with van der Waals surface area (Å²) in [4.78, 5) is 17.5. The lowest BCUT2D eigenvalue weighted by Crippen LogP contribution is -2.34. The molecule has 0 unspecified atom stereocenters. The molecule has 26 heavy (non-hydrogen) atoms. The van der Waals surface area contributed by atoms with Crippen LogP contribution >= 0.6 is 0 Å². The minimum absolute atomic E-state index is 0.0413. The van der Waals surface area contributed by atoms with Crippen LogP contribution in [0.1, 0.15) is 19.8 Å². The van der Waals surface area contributed by atoms with E-state index in [0.717, 1.165) is 0 Å². The van der Waals surface area contributed by atoms with Crippen LogP contribution in [0.3, 0.4) is 0 Å². The largest absolute Gasteiger partial charge is 0.473 e. The number of sulfonamides is 1. The van der Waals surface area contributed by atoms with Crippen molar-refractivity contribution in [2.75, 3.05) is 33.8 Å². The van der Waals surface area contributed by atoms with Gasteiger partial charge < -0.3 is 9.64 Å². The van der Waals surface area contributed by atoms with Gasteiger partial charge in [0.25, 0.3) is 0 Å². The number of hydrogen-bond donors (Lipinski definition) is 0. The molecule has 2 rings (SSSR count). The number of hydrogen-bond acceptors (Lipinski definition) is 5. The number of rotatable bonds is 7. The lowest BCUT2D eigenvalue weighted by molar-refractivity contribution is -0.132. The summed E-state index contributed by atoms with van der Waals surface area (Å²) in [6, 6.07) is 2.85. The van der Waals surface area contributed by atoms with Gasteiger partial charge in [0.05, 0.1) is 18.4 Å². The van der Waals surface area contributed by atoms with Crippen LogP contribution in [0.5, 0.6) is 5.88 Å². The molecule has 0 N–H and O–H groups in total. The lowest BCUT2D eigenvalue weighted by Gasteiger charge is -2.18. The summed E-state index contributed by atoms with van der Waals surface area (Å²) in [5, 5.41) is 0. The van der Waals surface area contributed by atoms with E-state index in [1.54, 1.807) is 14.1 Å². The highest BCUT2D eigenvalue weighted by molar-refractivity contribution is 7.89. The maximum atomic E-state index is 12.7. The van der Waals surface area contributed by atoms with Gasteiger partial charge in [0.1, 0.15) is 11.5 Å². The Morgan fingerprint density at radius 1 is 1.46 bits per heavy atom. The Morgan fingerprint density at radius 3 is 2.73 bits per heavy atom. The Morgan fingerprint density at radius 2 is 2.19 bits per heavy atom. The third-order valence-electron chi connectivity index (χ3n) is 4.30. The summed E-state index contributed by atoms with van der Waals surface area (Å²) in [6.45, 7) is 2.33. The molecule has 0 bridgehead atoms. The molecule has 0 spiro atoms. The first-order valence-electron chi connectivity index (χ1n) is 8.37. The first kappa shape index (κ1) is 20.3. The number of carbonyl (C=O) groups excluding carboxylic acids is 1. The number of ether oxygens (including phenoxy) is 1. The van der Waals surface area contributed by atoms with Crippen molar-refractivity contribution in [3.8, 4) is 5.88 Å². The number of amides is 1. The third-order valence-corrected chi connectivity index (χ3v) is 6.15. The van der Waals surface area contributed by atoms with E-state index < -0.39 is 10.0 Å². The first-order valence-corrected chi connectivity index (χ1v) is 9.81. The van der Waals surface area contributed by atoms with Gasteiger partial charge in [-0.3, -0.25) is 4.79 Å². The second-order valence-corrected chi connectivity index (χ2v) is 8.26. The van der Waals surface area contributed by atoms with E-state index in [2.05, 4.69) is 4.98 Å². The fraction of sp³-hybridized carbons (Fsp3) is 0.529. The zero-order valence-electron chi connectivity index (χ0n) is 15.2. The number of halogens is 1. The van der Waals surface area contributed by atoms with Gasteiger partial charge in [-0.05, 0) is 24.5 Å². The molecule has 0 saturated carbocycles. The molecule has 0 aromatic carbocycles. The van der Waals surface area contributed by atoms with Crippen LogP contribution in [0.4, 0.5) is 4.39 Å². The van der Waals surface area contributed by atoms with Gasteiger partial charge in [0.15, 0.2) is 0 Å². The summed E-state index contributed by atoms with van der Waals surface area (Å²) >= 11 is 0. The quantitative estimate of drug-likeness (QED) is 0.715. The van der Waals surface area contributed by atoms with Crippen molar-refractivity contribution in [1.29, 1.82) is 0 Å². The molecule has 1 fully saturated rings. The van der Waals surface area contributed by atoms with Gasteiger partial charge in [0.2, 0.25) is 21.8 Å². The average molecular weight is 385 g/mol. The van der Waals surface area contributed by atoms with Crippen molar-refractivity contribution in [2.24, 2.45) is 5.92 Å². The molecular weight excluding hydrogens is 361 g/mol. The number of aromatic nitrogens is 1. The molecule has 1 aliphatic rings. The van der Waals surface area contributed by atoms with E-state index in [-0.39, 0.29) is 35.8 Å². The summed E-state index contributed by atoms with van der Waals surface area (Å²) in [6.07, 6.45) is 2.74. The molecule has 9 heteroatoms. The minimum atomic E-state index is -3.72. The van der Waals surface area contributed by atoms with E-state index >= 15 is 0 Å². The highest BCUT2D eigenvalue weighted by Crippen LogP contribution is 2.25. The second kappa shape index (κ2) is 8.59. The molecule has 144 valence electrons. The maximum absolute atomic E-state index is 12.7. The van der Waals surface area contributed by atoms with Crippen molar-refractivity contribution < 1.29 is 22.3 Å². The van der Waals surface area contributed by atoms with Crippen LogP contribution in [-0.2, 0) is 14.8 Å². The Hall–Kier alpha value is -2.00. The second-order valence-electron chi connectivity index (χ2n) is 6.32. The summed E-state index contributed by atoms with van der Waals surface area (Å²) in [5.74, 6) is -0.175. The molecule has 1 atom stereocenters. The zero-order chi connectivity index (χ0) is 19.3. The summed E-state index contributed by atoms with van der Waals surface area (Å²) in [5.41, 5.74) is 0.483. The standard InChI is InChI=1S/C17H24FN3O4S/c1-4-13(9-18)12-25-16-6-5-15(10-19-16)26(23,24)21-8-7-14(11-21)17(22)20(2)3/h5-6,9-10,14H,4,7-8,11-12H2,1-3H3/b13-9+/t14-/m0/s1. The van der Waals surface area contributed by atoms with E-state index in [1.165, 1.54) is 27.5 Å². The average Bonchev–Trinajstić information content (AvgIpc) is 3.13. The van der Waals surface area contributed by atoms with E-state index in [4.69, 9.17) is 4.74 Å². The van der Waals surface area contributed by atoms with Gasteiger partial charge in [-0.1, -0.05) is 6.92 Å². The molecule has 1 saturated heterocycles. The van der Waals surface area contributed by atoms with Crippen molar-refractivity contribution in [1.82, 2.24) is 14.2 Å². The van der Waals surface area contributed by atoms with E-state index in [1.807, 2.05) is 6.92 Å². The first-order chi connectivity index (χ1) is 12.3. The van der Waals surface area contributed by atoms with Gasteiger partial charge in [-0.25, -0.2) is 17.8 Å².